The Kier molecular flexibility index (Phi) is 7.81. The molecule has 4 amide bonds. The zero-order valence-corrected chi connectivity index (χ0v) is 18.1. The maximum Gasteiger partial charge on any atom is 0.321 e. The lowest BCUT2D eigenvalue weighted by atomic mass is 9.95. The van der Waals surface area contributed by atoms with Gasteiger partial charge in [-0.05, 0) is 61.6 Å². The van der Waals surface area contributed by atoms with E-state index in [2.05, 4.69) is 10.6 Å². The van der Waals surface area contributed by atoms with Crippen molar-refractivity contribution in [3.05, 3.63) is 65.5 Å². The SMILES string of the molecule is Cc1cccc(NC(=O)N2CCCC(C(=O)NCC(Cc3ccc(F)cc3)C(N)=O)C2)c1. The van der Waals surface area contributed by atoms with Gasteiger partial charge in [0, 0.05) is 25.3 Å². The van der Waals surface area contributed by atoms with Crippen LogP contribution in [0.3, 0.4) is 0 Å². The van der Waals surface area contributed by atoms with Crippen LogP contribution in [0.25, 0.3) is 0 Å². The van der Waals surface area contributed by atoms with Gasteiger partial charge in [0.15, 0.2) is 0 Å². The molecule has 2 atom stereocenters. The number of piperidine rings is 1. The third-order valence-electron chi connectivity index (χ3n) is 5.67. The Labute approximate surface area is 187 Å². The van der Waals surface area contributed by atoms with Crippen LogP contribution in [-0.4, -0.2) is 42.4 Å². The highest BCUT2D eigenvalue weighted by molar-refractivity contribution is 5.90. The van der Waals surface area contributed by atoms with E-state index in [1.165, 1.54) is 12.1 Å². The van der Waals surface area contributed by atoms with Gasteiger partial charge in [-0.25, -0.2) is 9.18 Å². The van der Waals surface area contributed by atoms with Gasteiger partial charge in [0.2, 0.25) is 11.8 Å². The van der Waals surface area contributed by atoms with E-state index in [0.29, 0.717) is 38.0 Å². The number of aryl methyl sites for hydroxylation is 1. The number of likely N-dealkylation sites (tertiary alicyclic amines) is 1. The van der Waals surface area contributed by atoms with Crippen LogP contribution < -0.4 is 16.4 Å². The highest BCUT2D eigenvalue weighted by atomic mass is 19.1. The van der Waals surface area contributed by atoms with Crippen molar-refractivity contribution in [1.29, 1.82) is 0 Å². The summed E-state index contributed by atoms with van der Waals surface area (Å²) < 4.78 is 13.1. The molecule has 32 heavy (non-hydrogen) atoms. The highest BCUT2D eigenvalue weighted by Gasteiger charge is 2.29. The summed E-state index contributed by atoms with van der Waals surface area (Å²) in [7, 11) is 0. The van der Waals surface area contributed by atoms with Crippen molar-refractivity contribution in [3.63, 3.8) is 0 Å². The minimum atomic E-state index is -0.603. The van der Waals surface area contributed by atoms with Gasteiger partial charge >= 0.3 is 6.03 Å². The number of carbonyl (C=O) groups excluding carboxylic acids is 3. The minimum Gasteiger partial charge on any atom is -0.369 e. The molecular weight excluding hydrogens is 411 g/mol. The summed E-state index contributed by atoms with van der Waals surface area (Å²) in [4.78, 5) is 38.8. The summed E-state index contributed by atoms with van der Waals surface area (Å²) in [5, 5.41) is 5.69. The van der Waals surface area contributed by atoms with Crippen molar-refractivity contribution in [2.45, 2.75) is 26.2 Å². The predicted octanol–water partition coefficient (Wildman–Crippen LogP) is 2.84. The van der Waals surface area contributed by atoms with Crippen molar-refractivity contribution in [3.8, 4) is 0 Å². The fourth-order valence-corrected chi connectivity index (χ4v) is 3.85. The van der Waals surface area contributed by atoms with Gasteiger partial charge in [0.1, 0.15) is 5.82 Å². The minimum absolute atomic E-state index is 0.0948. The standard InChI is InChI=1S/C24H29FN4O3/c1-16-4-2-6-21(12-16)28-24(32)29-11-3-5-18(15-29)23(31)27-14-19(22(26)30)13-17-7-9-20(25)10-8-17/h2,4,6-10,12,18-19H,3,5,11,13-15H2,1H3,(H2,26,30)(H,27,31)(H,28,32). The molecule has 8 heteroatoms. The summed E-state index contributed by atoms with van der Waals surface area (Å²) in [6.45, 7) is 2.93. The normalized spacial score (nSPS) is 16.8. The Morgan fingerprint density at radius 3 is 2.62 bits per heavy atom. The molecule has 0 bridgehead atoms. The molecule has 2 aromatic rings. The molecule has 3 rings (SSSR count). The third kappa shape index (κ3) is 6.54. The summed E-state index contributed by atoms with van der Waals surface area (Å²) in [5.74, 6) is -2.05. The first kappa shape index (κ1) is 23.2. The molecule has 0 saturated carbocycles. The zero-order chi connectivity index (χ0) is 23.1. The van der Waals surface area contributed by atoms with E-state index in [1.54, 1.807) is 17.0 Å². The Hall–Kier alpha value is -3.42. The van der Waals surface area contributed by atoms with Crippen LogP contribution in [0.4, 0.5) is 14.9 Å². The van der Waals surface area contributed by atoms with Crippen LogP contribution in [-0.2, 0) is 16.0 Å². The molecule has 1 saturated heterocycles. The highest BCUT2D eigenvalue weighted by Crippen LogP contribution is 2.19. The second kappa shape index (κ2) is 10.7. The van der Waals surface area contributed by atoms with Gasteiger partial charge < -0.3 is 21.3 Å². The Morgan fingerprint density at radius 2 is 1.94 bits per heavy atom. The number of carbonyl (C=O) groups is 3. The van der Waals surface area contributed by atoms with Crippen molar-refractivity contribution in [1.82, 2.24) is 10.2 Å². The second-order valence-electron chi connectivity index (χ2n) is 8.26. The van der Waals surface area contributed by atoms with Crippen molar-refractivity contribution >= 4 is 23.5 Å². The molecule has 2 aromatic carbocycles. The van der Waals surface area contributed by atoms with Crippen LogP contribution in [0.5, 0.6) is 0 Å². The monoisotopic (exact) mass is 440 g/mol. The first-order chi connectivity index (χ1) is 15.3. The molecule has 1 fully saturated rings. The summed E-state index contributed by atoms with van der Waals surface area (Å²) in [6.07, 6.45) is 1.69. The Bertz CT molecular complexity index is 964. The first-order valence-corrected chi connectivity index (χ1v) is 10.8. The molecule has 0 spiro atoms. The molecule has 1 heterocycles. The van der Waals surface area contributed by atoms with Gasteiger partial charge in [-0.2, -0.15) is 0 Å². The molecule has 0 aromatic heterocycles. The molecule has 0 aliphatic carbocycles. The van der Waals surface area contributed by atoms with Crippen molar-refractivity contribution < 1.29 is 18.8 Å². The number of benzene rings is 2. The van der Waals surface area contributed by atoms with Crippen LogP contribution >= 0.6 is 0 Å². The zero-order valence-electron chi connectivity index (χ0n) is 18.1. The number of hydrogen-bond acceptors (Lipinski definition) is 3. The maximum atomic E-state index is 13.1. The van der Waals surface area contributed by atoms with Gasteiger partial charge in [-0.15, -0.1) is 0 Å². The van der Waals surface area contributed by atoms with E-state index >= 15 is 0 Å². The topological polar surface area (TPSA) is 105 Å². The fourth-order valence-electron chi connectivity index (χ4n) is 3.85. The van der Waals surface area contributed by atoms with Gasteiger partial charge in [0.25, 0.3) is 0 Å². The number of anilines is 1. The quantitative estimate of drug-likeness (QED) is 0.617. The molecular formula is C24H29FN4O3. The number of urea groups is 1. The molecule has 4 N–H and O–H groups in total. The van der Waals surface area contributed by atoms with Crippen LogP contribution in [0.15, 0.2) is 48.5 Å². The number of hydrogen-bond donors (Lipinski definition) is 3. The number of nitrogens with zero attached hydrogens (tertiary/aromatic N) is 1. The van der Waals surface area contributed by atoms with Crippen molar-refractivity contribution in [2.24, 2.45) is 17.6 Å². The molecule has 7 nitrogen and oxygen atoms in total. The molecule has 1 aliphatic rings. The van der Waals surface area contributed by atoms with E-state index in [1.807, 2.05) is 31.2 Å². The third-order valence-corrected chi connectivity index (χ3v) is 5.67. The number of primary amides is 1. The number of rotatable bonds is 7. The van der Waals surface area contributed by atoms with Crippen LogP contribution in [0, 0.1) is 24.6 Å². The molecule has 2 unspecified atom stereocenters. The van der Waals surface area contributed by atoms with E-state index in [9.17, 15) is 18.8 Å². The van der Waals surface area contributed by atoms with Crippen molar-refractivity contribution in [2.75, 3.05) is 25.0 Å². The largest absolute Gasteiger partial charge is 0.369 e. The van der Waals surface area contributed by atoms with Gasteiger partial charge in [-0.1, -0.05) is 24.3 Å². The number of nitrogens with one attached hydrogen (secondary N) is 2. The van der Waals surface area contributed by atoms with E-state index in [4.69, 9.17) is 5.73 Å². The molecule has 1 aliphatic heterocycles. The summed E-state index contributed by atoms with van der Waals surface area (Å²) in [6, 6.07) is 13.1. The number of amides is 4. The Balaban J connectivity index is 1.52. The van der Waals surface area contributed by atoms with E-state index in [-0.39, 0.29) is 30.2 Å². The molecule has 170 valence electrons. The van der Waals surface area contributed by atoms with Crippen LogP contribution in [0.2, 0.25) is 0 Å². The van der Waals surface area contributed by atoms with Gasteiger partial charge in [0.05, 0.1) is 11.8 Å². The van der Waals surface area contributed by atoms with Crippen LogP contribution in [0.1, 0.15) is 24.0 Å². The lowest BCUT2D eigenvalue weighted by Crippen LogP contribution is -2.48. The average Bonchev–Trinajstić information content (AvgIpc) is 2.77. The first-order valence-electron chi connectivity index (χ1n) is 10.8. The maximum absolute atomic E-state index is 13.1. The predicted molar refractivity (Wildman–Crippen MR) is 120 cm³/mol. The number of halogens is 1. The lowest BCUT2D eigenvalue weighted by molar-refractivity contribution is -0.127. The fraction of sp³-hybridized carbons (Fsp3) is 0.375. The summed E-state index contributed by atoms with van der Waals surface area (Å²) >= 11 is 0. The smallest absolute Gasteiger partial charge is 0.321 e. The number of nitrogens with two attached hydrogens (primary N) is 1. The van der Waals surface area contributed by atoms with E-state index < -0.39 is 11.8 Å². The van der Waals surface area contributed by atoms with E-state index in [0.717, 1.165) is 11.1 Å². The van der Waals surface area contributed by atoms with Gasteiger partial charge in [-0.3, -0.25) is 9.59 Å². The lowest BCUT2D eigenvalue weighted by Gasteiger charge is -2.32. The Morgan fingerprint density at radius 1 is 1.19 bits per heavy atom. The molecule has 0 radical (unpaired) electrons. The second-order valence-corrected chi connectivity index (χ2v) is 8.26. The average molecular weight is 441 g/mol. The summed E-state index contributed by atoms with van der Waals surface area (Å²) in [5.41, 5.74) is 8.02.